The summed E-state index contributed by atoms with van der Waals surface area (Å²) in [4.78, 5) is 25.0. The van der Waals surface area contributed by atoms with Crippen LogP contribution >= 0.6 is 0 Å². The number of carbonyl (C=O) groups is 2. The van der Waals surface area contributed by atoms with Crippen molar-refractivity contribution in [3.63, 3.8) is 0 Å². The van der Waals surface area contributed by atoms with E-state index in [0.717, 1.165) is 12.8 Å². The van der Waals surface area contributed by atoms with E-state index in [1.807, 2.05) is 0 Å². The molecule has 1 aromatic rings. The summed E-state index contributed by atoms with van der Waals surface area (Å²) in [7, 11) is 0. The zero-order valence-electron chi connectivity index (χ0n) is 11.2. The van der Waals surface area contributed by atoms with E-state index >= 15 is 0 Å². The Morgan fingerprint density at radius 3 is 2.80 bits per heavy atom. The third-order valence-corrected chi connectivity index (χ3v) is 3.23. The molecule has 0 saturated carbocycles. The minimum absolute atomic E-state index is 0.0198. The van der Waals surface area contributed by atoms with E-state index in [2.05, 4.69) is 0 Å². The number of nitrogens with zero attached hydrogens (tertiary/aromatic N) is 1. The van der Waals surface area contributed by atoms with Gasteiger partial charge in [-0.1, -0.05) is 12.1 Å². The Morgan fingerprint density at radius 2 is 2.10 bits per heavy atom. The Hall–Kier alpha value is -2.08. The van der Waals surface area contributed by atoms with Crippen LogP contribution in [-0.2, 0) is 4.79 Å². The number of primary amides is 1. The topological polar surface area (TPSA) is 98.7 Å². The normalized spacial score (nSPS) is 18.6. The molecule has 0 aromatic heterocycles. The second kappa shape index (κ2) is 6.38. The molecule has 1 aliphatic rings. The number of benzene rings is 1. The van der Waals surface area contributed by atoms with Crippen LogP contribution in [0, 0.1) is 0 Å². The summed E-state index contributed by atoms with van der Waals surface area (Å²) in [6.45, 7) is 0.990. The van der Waals surface area contributed by atoms with Gasteiger partial charge in [0.2, 0.25) is 0 Å². The molecule has 1 heterocycles. The first-order chi connectivity index (χ1) is 9.58. The Kier molecular flexibility index (Phi) is 4.57. The predicted molar refractivity (Wildman–Crippen MR) is 74.2 cm³/mol. The minimum Gasteiger partial charge on any atom is -0.483 e. The molecule has 2 amide bonds. The minimum atomic E-state index is -0.577. The highest BCUT2D eigenvalue weighted by Gasteiger charge is 2.24. The molecule has 6 nitrogen and oxygen atoms in total. The number of nitrogens with two attached hydrogens (primary N) is 2. The van der Waals surface area contributed by atoms with E-state index in [9.17, 15) is 9.59 Å². The molecule has 0 bridgehead atoms. The molecule has 1 aromatic carbocycles. The van der Waals surface area contributed by atoms with E-state index in [1.165, 1.54) is 0 Å². The number of ether oxygens (including phenoxy) is 1. The van der Waals surface area contributed by atoms with Gasteiger partial charge in [-0.3, -0.25) is 9.59 Å². The Bertz CT molecular complexity index is 504. The van der Waals surface area contributed by atoms with Gasteiger partial charge in [-0.2, -0.15) is 0 Å². The lowest BCUT2D eigenvalue weighted by Crippen LogP contribution is -2.45. The van der Waals surface area contributed by atoms with Crippen molar-refractivity contribution in [2.45, 2.75) is 18.9 Å². The monoisotopic (exact) mass is 277 g/mol. The van der Waals surface area contributed by atoms with Gasteiger partial charge in [0, 0.05) is 19.1 Å². The van der Waals surface area contributed by atoms with Gasteiger partial charge >= 0.3 is 0 Å². The van der Waals surface area contributed by atoms with Crippen molar-refractivity contribution in [1.82, 2.24) is 4.90 Å². The Balaban J connectivity index is 2.14. The fraction of sp³-hybridized carbons (Fsp3) is 0.429. The first kappa shape index (κ1) is 14.3. The molecule has 0 aliphatic carbocycles. The number of piperidine rings is 1. The van der Waals surface area contributed by atoms with Gasteiger partial charge in [-0.15, -0.1) is 0 Å². The fourth-order valence-electron chi connectivity index (χ4n) is 2.28. The molecule has 1 fully saturated rings. The summed E-state index contributed by atoms with van der Waals surface area (Å²) in [5.41, 5.74) is 11.4. The molecule has 1 aliphatic heterocycles. The number of rotatable bonds is 4. The van der Waals surface area contributed by atoms with E-state index in [-0.39, 0.29) is 18.6 Å². The lowest BCUT2D eigenvalue weighted by atomic mass is 10.0. The molecule has 2 rings (SSSR count). The van der Waals surface area contributed by atoms with Crippen LogP contribution in [0.1, 0.15) is 23.2 Å². The molecule has 1 atom stereocenters. The van der Waals surface area contributed by atoms with Crippen molar-refractivity contribution in [2.24, 2.45) is 11.5 Å². The maximum absolute atomic E-state index is 12.5. The standard InChI is InChI=1S/C14H19N3O3/c15-10-4-3-7-17(8-10)14(19)11-5-1-2-6-12(11)20-9-13(16)18/h1-2,5-6,10H,3-4,7-9,15H2,(H2,16,18)/t10-/m0/s1. The van der Waals surface area contributed by atoms with E-state index < -0.39 is 5.91 Å². The van der Waals surface area contributed by atoms with Gasteiger partial charge in [0.25, 0.3) is 11.8 Å². The van der Waals surface area contributed by atoms with Crippen LogP contribution in [0.4, 0.5) is 0 Å². The SMILES string of the molecule is NC(=O)COc1ccccc1C(=O)N1CCC[C@H](N)C1. The summed E-state index contributed by atoms with van der Waals surface area (Å²) in [5, 5.41) is 0. The number of amides is 2. The molecule has 0 spiro atoms. The molecular weight excluding hydrogens is 258 g/mol. The number of carbonyl (C=O) groups excluding carboxylic acids is 2. The van der Waals surface area contributed by atoms with Crippen LogP contribution < -0.4 is 16.2 Å². The van der Waals surface area contributed by atoms with Gasteiger partial charge in [0.05, 0.1) is 5.56 Å². The molecular formula is C14H19N3O3. The van der Waals surface area contributed by atoms with E-state index in [4.69, 9.17) is 16.2 Å². The zero-order valence-corrected chi connectivity index (χ0v) is 11.2. The first-order valence-electron chi connectivity index (χ1n) is 6.63. The molecule has 108 valence electrons. The summed E-state index contributed by atoms with van der Waals surface area (Å²) in [6, 6.07) is 6.86. The predicted octanol–water partition coefficient (Wildman–Crippen LogP) is 0.114. The number of likely N-dealkylation sites (tertiary alicyclic amines) is 1. The van der Waals surface area contributed by atoms with E-state index in [0.29, 0.717) is 24.4 Å². The molecule has 4 N–H and O–H groups in total. The second-order valence-corrected chi connectivity index (χ2v) is 4.90. The average Bonchev–Trinajstić information content (AvgIpc) is 2.44. The lowest BCUT2D eigenvalue weighted by molar-refractivity contribution is -0.119. The summed E-state index contributed by atoms with van der Waals surface area (Å²) in [6.07, 6.45) is 1.83. The molecule has 0 radical (unpaired) electrons. The van der Waals surface area contributed by atoms with Crippen LogP contribution in [0.5, 0.6) is 5.75 Å². The Morgan fingerprint density at radius 1 is 1.35 bits per heavy atom. The van der Waals surface area contributed by atoms with Crippen LogP contribution in [-0.4, -0.2) is 42.5 Å². The highest BCUT2D eigenvalue weighted by Crippen LogP contribution is 2.21. The average molecular weight is 277 g/mol. The van der Waals surface area contributed by atoms with Crippen LogP contribution in [0.25, 0.3) is 0 Å². The summed E-state index contributed by atoms with van der Waals surface area (Å²) < 4.78 is 5.28. The van der Waals surface area contributed by atoms with Crippen LogP contribution in [0.15, 0.2) is 24.3 Å². The second-order valence-electron chi connectivity index (χ2n) is 4.90. The van der Waals surface area contributed by atoms with Gasteiger partial charge in [-0.05, 0) is 25.0 Å². The zero-order chi connectivity index (χ0) is 14.5. The van der Waals surface area contributed by atoms with E-state index in [1.54, 1.807) is 29.2 Å². The van der Waals surface area contributed by atoms with Crippen molar-refractivity contribution in [3.05, 3.63) is 29.8 Å². The van der Waals surface area contributed by atoms with Gasteiger partial charge in [-0.25, -0.2) is 0 Å². The fourth-order valence-corrected chi connectivity index (χ4v) is 2.28. The van der Waals surface area contributed by atoms with Gasteiger partial charge in [0.15, 0.2) is 6.61 Å². The van der Waals surface area contributed by atoms with Crippen LogP contribution in [0.2, 0.25) is 0 Å². The van der Waals surface area contributed by atoms with Crippen molar-refractivity contribution < 1.29 is 14.3 Å². The molecule has 0 unspecified atom stereocenters. The third-order valence-electron chi connectivity index (χ3n) is 3.23. The highest BCUT2D eigenvalue weighted by atomic mass is 16.5. The molecule has 20 heavy (non-hydrogen) atoms. The van der Waals surface area contributed by atoms with Crippen LogP contribution in [0.3, 0.4) is 0 Å². The highest BCUT2D eigenvalue weighted by molar-refractivity contribution is 5.97. The molecule has 1 saturated heterocycles. The maximum atomic E-state index is 12.5. The van der Waals surface area contributed by atoms with Crippen molar-refractivity contribution in [1.29, 1.82) is 0 Å². The molecule has 6 heteroatoms. The van der Waals surface area contributed by atoms with Crippen molar-refractivity contribution in [3.8, 4) is 5.75 Å². The first-order valence-corrected chi connectivity index (χ1v) is 6.63. The van der Waals surface area contributed by atoms with Gasteiger partial charge < -0.3 is 21.1 Å². The van der Waals surface area contributed by atoms with Gasteiger partial charge in [0.1, 0.15) is 5.75 Å². The van der Waals surface area contributed by atoms with Crippen molar-refractivity contribution >= 4 is 11.8 Å². The number of para-hydroxylation sites is 1. The summed E-state index contributed by atoms with van der Waals surface area (Å²) >= 11 is 0. The Labute approximate surface area is 117 Å². The van der Waals surface area contributed by atoms with Crippen molar-refractivity contribution in [2.75, 3.05) is 19.7 Å². The largest absolute Gasteiger partial charge is 0.483 e. The maximum Gasteiger partial charge on any atom is 0.257 e. The smallest absolute Gasteiger partial charge is 0.257 e. The third kappa shape index (κ3) is 3.48. The number of hydrogen-bond donors (Lipinski definition) is 2. The number of hydrogen-bond acceptors (Lipinski definition) is 4. The quantitative estimate of drug-likeness (QED) is 0.816. The lowest BCUT2D eigenvalue weighted by Gasteiger charge is -2.31. The summed E-state index contributed by atoms with van der Waals surface area (Å²) in [5.74, 6) is -0.331.